The molecular formula is C12H14N2OS. The van der Waals surface area contributed by atoms with E-state index in [-0.39, 0.29) is 0 Å². The number of anilines is 1. The van der Waals surface area contributed by atoms with Crippen molar-refractivity contribution in [3.8, 4) is 0 Å². The predicted molar refractivity (Wildman–Crippen MR) is 66.6 cm³/mol. The van der Waals surface area contributed by atoms with Gasteiger partial charge in [-0.05, 0) is 17.7 Å². The minimum atomic E-state index is 0.649. The lowest BCUT2D eigenvalue weighted by Crippen LogP contribution is -1.98. The van der Waals surface area contributed by atoms with Crippen LogP contribution in [0.15, 0.2) is 36.0 Å². The topological polar surface area (TPSA) is 34.1 Å². The van der Waals surface area contributed by atoms with Crippen molar-refractivity contribution in [2.45, 2.75) is 13.2 Å². The summed E-state index contributed by atoms with van der Waals surface area (Å²) in [6, 6.07) is 8.25. The second-order valence-electron chi connectivity index (χ2n) is 3.45. The second-order valence-corrected chi connectivity index (χ2v) is 4.43. The Morgan fingerprint density at radius 3 is 3.12 bits per heavy atom. The summed E-state index contributed by atoms with van der Waals surface area (Å²) in [6.45, 7) is 1.47. The van der Waals surface area contributed by atoms with E-state index in [1.54, 1.807) is 18.4 Å². The molecule has 0 aliphatic carbocycles. The van der Waals surface area contributed by atoms with E-state index in [9.17, 15) is 0 Å². The standard InChI is InChI=1S/C12H14N2OS/c1-15-8-10-3-2-4-11(5-10)14-7-12-6-13-9-16-12/h2-6,9,14H,7-8H2,1H3. The fourth-order valence-electron chi connectivity index (χ4n) is 1.46. The van der Waals surface area contributed by atoms with Gasteiger partial charge in [-0.15, -0.1) is 11.3 Å². The summed E-state index contributed by atoms with van der Waals surface area (Å²) in [6.07, 6.45) is 1.89. The lowest BCUT2D eigenvalue weighted by atomic mass is 10.2. The van der Waals surface area contributed by atoms with Gasteiger partial charge in [-0.25, -0.2) is 0 Å². The Morgan fingerprint density at radius 2 is 2.38 bits per heavy atom. The molecule has 2 aromatic rings. The highest BCUT2D eigenvalue weighted by atomic mass is 32.1. The van der Waals surface area contributed by atoms with Crippen LogP contribution >= 0.6 is 11.3 Å². The van der Waals surface area contributed by atoms with E-state index < -0.39 is 0 Å². The summed E-state index contributed by atoms with van der Waals surface area (Å²) in [5.41, 5.74) is 4.14. The minimum Gasteiger partial charge on any atom is -0.380 e. The molecular weight excluding hydrogens is 220 g/mol. The van der Waals surface area contributed by atoms with Gasteiger partial charge >= 0.3 is 0 Å². The molecule has 0 bridgehead atoms. The third kappa shape index (κ3) is 3.05. The molecule has 1 N–H and O–H groups in total. The minimum absolute atomic E-state index is 0.649. The molecule has 0 radical (unpaired) electrons. The van der Waals surface area contributed by atoms with Crippen LogP contribution in [0.3, 0.4) is 0 Å². The molecule has 3 nitrogen and oxygen atoms in total. The summed E-state index contributed by atoms with van der Waals surface area (Å²) in [5, 5.41) is 3.36. The van der Waals surface area contributed by atoms with E-state index in [1.165, 1.54) is 10.4 Å². The van der Waals surface area contributed by atoms with Crippen LogP contribution in [0.25, 0.3) is 0 Å². The summed E-state index contributed by atoms with van der Waals surface area (Å²) < 4.78 is 5.10. The first-order chi connectivity index (χ1) is 7.88. The molecule has 0 saturated heterocycles. The number of nitrogens with one attached hydrogen (secondary N) is 1. The van der Waals surface area contributed by atoms with Gasteiger partial charge in [0.1, 0.15) is 0 Å². The number of benzene rings is 1. The molecule has 1 aromatic heterocycles. The van der Waals surface area contributed by atoms with Crippen molar-refractivity contribution in [2.24, 2.45) is 0 Å². The van der Waals surface area contributed by atoms with Gasteiger partial charge in [0, 0.05) is 23.9 Å². The molecule has 0 saturated carbocycles. The normalized spacial score (nSPS) is 10.3. The zero-order chi connectivity index (χ0) is 11.2. The van der Waals surface area contributed by atoms with Crippen LogP contribution in [0.2, 0.25) is 0 Å². The van der Waals surface area contributed by atoms with E-state index in [0.29, 0.717) is 6.61 Å². The molecule has 0 fully saturated rings. The Hall–Kier alpha value is -1.39. The smallest absolute Gasteiger partial charge is 0.0794 e. The third-order valence-corrected chi connectivity index (χ3v) is 2.97. The van der Waals surface area contributed by atoms with E-state index in [0.717, 1.165) is 12.2 Å². The monoisotopic (exact) mass is 234 g/mol. The zero-order valence-corrected chi connectivity index (χ0v) is 9.96. The van der Waals surface area contributed by atoms with E-state index in [1.807, 2.05) is 17.8 Å². The van der Waals surface area contributed by atoms with Crippen LogP contribution in [0.1, 0.15) is 10.4 Å². The molecule has 0 amide bonds. The highest BCUT2D eigenvalue weighted by molar-refractivity contribution is 7.09. The third-order valence-electron chi connectivity index (χ3n) is 2.19. The SMILES string of the molecule is COCc1cccc(NCc2cncs2)c1. The number of thiazole rings is 1. The molecule has 0 spiro atoms. The highest BCUT2D eigenvalue weighted by Crippen LogP contribution is 2.14. The number of nitrogens with zero attached hydrogens (tertiary/aromatic N) is 1. The largest absolute Gasteiger partial charge is 0.380 e. The van der Waals surface area contributed by atoms with Gasteiger partial charge in [0.15, 0.2) is 0 Å². The lowest BCUT2D eigenvalue weighted by Gasteiger charge is -2.06. The van der Waals surface area contributed by atoms with Gasteiger partial charge in [-0.1, -0.05) is 12.1 Å². The van der Waals surface area contributed by atoms with Crippen molar-refractivity contribution in [2.75, 3.05) is 12.4 Å². The fraction of sp³-hybridized carbons (Fsp3) is 0.250. The maximum atomic E-state index is 5.10. The average molecular weight is 234 g/mol. The van der Waals surface area contributed by atoms with Crippen LogP contribution in [0.5, 0.6) is 0 Å². The van der Waals surface area contributed by atoms with Gasteiger partial charge in [0.2, 0.25) is 0 Å². The Morgan fingerprint density at radius 1 is 1.44 bits per heavy atom. The summed E-state index contributed by atoms with van der Waals surface area (Å²) >= 11 is 1.66. The Kier molecular flexibility index (Phi) is 3.91. The molecule has 4 heteroatoms. The quantitative estimate of drug-likeness (QED) is 0.863. The van der Waals surface area contributed by atoms with Gasteiger partial charge in [-0.2, -0.15) is 0 Å². The first-order valence-electron chi connectivity index (χ1n) is 5.07. The lowest BCUT2D eigenvalue weighted by molar-refractivity contribution is 0.185. The van der Waals surface area contributed by atoms with E-state index in [2.05, 4.69) is 28.5 Å². The van der Waals surface area contributed by atoms with Crippen LogP contribution < -0.4 is 5.32 Å². The first kappa shape index (κ1) is 11.1. The molecule has 1 heterocycles. The molecule has 0 aliphatic rings. The van der Waals surface area contributed by atoms with Gasteiger partial charge in [0.05, 0.1) is 18.7 Å². The van der Waals surface area contributed by atoms with Gasteiger partial charge in [0.25, 0.3) is 0 Å². The molecule has 0 unspecified atom stereocenters. The number of aromatic nitrogens is 1. The Balaban J connectivity index is 1.96. The van der Waals surface area contributed by atoms with E-state index in [4.69, 9.17) is 4.74 Å². The molecule has 84 valence electrons. The van der Waals surface area contributed by atoms with Crippen molar-refractivity contribution in [1.82, 2.24) is 4.98 Å². The second kappa shape index (κ2) is 5.63. The number of rotatable bonds is 5. The molecule has 0 atom stereocenters. The van der Waals surface area contributed by atoms with Crippen LogP contribution in [-0.4, -0.2) is 12.1 Å². The van der Waals surface area contributed by atoms with Crippen molar-refractivity contribution in [1.29, 1.82) is 0 Å². The van der Waals surface area contributed by atoms with Gasteiger partial charge < -0.3 is 10.1 Å². The van der Waals surface area contributed by atoms with Crippen LogP contribution in [0.4, 0.5) is 5.69 Å². The van der Waals surface area contributed by atoms with Crippen molar-refractivity contribution < 1.29 is 4.74 Å². The average Bonchev–Trinajstić information content (AvgIpc) is 2.80. The molecule has 1 aromatic carbocycles. The molecule has 0 aliphatic heterocycles. The number of ether oxygens (including phenoxy) is 1. The highest BCUT2D eigenvalue weighted by Gasteiger charge is 1.97. The fourth-order valence-corrected chi connectivity index (χ4v) is 1.99. The summed E-state index contributed by atoms with van der Waals surface area (Å²) in [7, 11) is 1.71. The predicted octanol–water partition coefficient (Wildman–Crippen LogP) is 2.90. The summed E-state index contributed by atoms with van der Waals surface area (Å²) in [4.78, 5) is 5.27. The zero-order valence-electron chi connectivity index (χ0n) is 9.14. The molecule has 2 rings (SSSR count). The molecule has 16 heavy (non-hydrogen) atoms. The Bertz CT molecular complexity index is 428. The number of hydrogen-bond acceptors (Lipinski definition) is 4. The maximum absolute atomic E-state index is 5.10. The number of methoxy groups -OCH3 is 1. The van der Waals surface area contributed by atoms with Crippen molar-refractivity contribution in [3.63, 3.8) is 0 Å². The Labute approximate surface area is 99.1 Å². The van der Waals surface area contributed by atoms with Crippen molar-refractivity contribution in [3.05, 3.63) is 46.4 Å². The van der Waals surface area contributed by atoms with Crippen LogP contribution in [0, 0.1) is 0 Å². The maximum Gasteiger partial charge on any atom is 0.0794 e. The van der Waals surface area contributed by atoms with Crippen molar-refractivity contribution >= 4 is 17.0 Å². The first-order valence-corrected chi connectivity index (χ1v) is 5.95. The van der Waals surface area contributed by atoms with Gasteiger partial charge in [-0.3, -0.25) is 4.98 Å². The van der Waals surface area contributed by atoms with Crippen LogP contribution in [-0.2, 0) is 17.9 Å². The number of hydrogen-bond donors (Lipinski definition) is 1. The van der Waals surface area contributed by atoms with E-state index >= 15 is 0 Å². The summed E-state index contributed by atoms with van der Waals surface area (Å²) in [5.74, 6) is 0.